The normalized spacial score (nSPS) is 10.5. The Kier molecular flexibility index (Phi) is 2.08. The summed E-state index contributed by atoms with van der Waals surface area (Å²) in [6.07, 6.45) is 3.12. The minimum Gasteiger partial charge on any atom is -0.339 e. The molecule has 0 aliphatic rings. The largest absolute Gasteiger partial charge is 0.339 e. The first kappa shape index (κ1) is 7.97. The van der Waals surface area contributed by atoms with Crippen LogP contribution >= 0.6 is 0 Å². The molecule has 0 bridgehead atoms. The average molecular weight is 178 g/mol. The fourth-order valence-electron chi connectivity index (χ4n) is 1.05. The van der Waals surface area contributed by atoms with Gasteiger partial charge in [0.25, 0.3) is 0 Å². The van der Waals surface area contributed by atoms with Crippen molar-refractivity contribution < 1.29 is 4.52 Å². The lowest BCUT2D eigenvalue weighted by atomic mass is 10.3. The van der Waals surface area contributed by atoms with Crippen molar-refractivity contribution >= 4 is 0 Å². The molecule has 0 saturated carbocycles. The fourth-order valence-corrected chi connectivity index (χ4v) is 1.05. The Morgan fingerprint density at radius 1 is 1.54 bits per heavy atom. The highest BCUT2D eigenvalue weighted by Gasteiger charge is 2.05. The molecule has 5 nitrogen and oxygen atoms in total. The number of aromatic amines is 1. The molecule has 0 amide bonds. The van der Waals surface area contributed by atoms with Crippen molar-refractivity contribution in [3.63, 3.8) is 0 Å². The molecule has 2 aromatic rings. The van der Waals surface area contributed by atoms with E-state index in [0.29, 0.717) is 12.3 Å². The van der Waals surface area contributed by atoms with Crippen LogP contribution in [-0.2, 0) is 12.8 Å². The first-order valence-corrected chi connectivity index (χ1v) is 4.18. The molecule has 0 spiro atoms. The van der Waals surface area contributed by atoms with Gasteiger partial charge in [-0.3, -0.25) is 5.10 Å². The van der Waals surface area contributed by atoms with Gasteiger partial charge in [-0.25, -0.2) is 0 Å². The van der Waals surface area contributed by atoms with Crippen molar-refractivity contribution in [2.75, 3.05) is 0 Å². The smallest absolute Gasteiger partial charge is 0.232 e. The number of H-pyrrole nitrogens is 1. The Bertz CT molecular complexity index is 365. The van der Waals surface area contributed by atoms with Crippen LogP contribution in [0.15, 0.2) is 16.8 Å². The molecular weight excluding hydrogens is 168 g/mol. The van der Waals surface area contributed by atoms with E-state index in [1.165, 1.54) is 0 Å². The van der Waals surface area contributed by atoms with Crippen LogP contribution in [0.5, 0.6) is 0 Å². The van der Waals surface area contributed by atoms with Gasteiger partial charge in [0.05, 0.1) is 6.42 Å². The molecule has 0 radical (unpaired) electrons. The van der Waals surface area contributed by atoms with Crippen LogP contribution in [0.1, 0.15) is 24.3 Å². The Morgan fingerprint density at radius 3 is 3.08 bits per heavy atom. The van der Waals surface area contributed by atoms with Gasteiger partial charge in [-0.1, -0.05) is 12.1 Å². The lowest BCUT2D eigenvalue weighted by molar-refractivity contribution is 0.379. The van der Waals surface area contributed by atoms with Gasteiger partial charge in [-0.15, -0.1) is 0 Å². The van der Waals surface area contributed by atoms with Crippen LogP contribution < -0.4 is 0 Å². The molecule has 0 aliphatic heterocycles. The molecule has 5 heteroatoms. The fraction of sp³-hybridized carbons (Fsp3) is 0.375. The minimum atomic E-state index is 0.618. The first-order valence-electron chi connectivity index (χ1n) is 4.18. The molecule has 13 heavy (non-hydrogen) atoms. The Labute approximate surface area is 75.2 Å². The number of aryl methyl sites for hydroxylation is 1. The second-order valence-electron chi connectivity index (χ2n) is 2.72. The number of nitrogens with zero attached hydrogens (tertiary/aromatic N) is 3. The van der Waals surface area contributed by atoms with Gasteiger partial charge < -0.3 is 4.52 Å². The van der Waals surface area contributed by atoms with Crippen molar-refractivity contribution in [3.05, 3.63) is 29.7 Å². The van der Waals surface area contributed by atoms with E-state index in [0.717, 1.165) is 17.9 Å². The standard InChI is InChI=1S/C8H10N4O/c1-2-7-10-8(13-12-7)5-6-3-4-9-11-6/h3-4H,2,5H2,1H3,(H,9,11). The Morgan fingerprint density at radius 2 is 2.46 bits per heavy atom. The van der Waals surface area contributed by atoms with Crippen LogP contribution in [0.2, 0.25) is 0 Å². The molecule has 2 heterocycles. The molecule has 0 saturated heterocycles. The molecule has 68 valence electrons. The molecular formula is C8H10N4O. The molecule has 2 rings (SSSR count). The summed E-state index contributed by atoms with van der Waals surface area (Å²) in [5.74, 6) is 1.37. The Hall–Kier alpha value is -1.65. The number of hydrogen-bond acceptors (Lipinski definition) is 4. The zero-order valence-corrected chi connectivity index (χ0v) is 7.32. The molecule has 0 fully saturated rings. The van der Waals surface area contributed by atoms with Crippen LogP contribution in [0.25, 0.3) is 0 Å². The quantitative estimate of drug-likeness (QED) is 0.759. The zero-order chi connectivity index (χ0) is 9.10. The van der Waals surface area contributed by atoms with Gasteiger partial charge in [-0.2, -0.15) is 10.1 Å². The lowest BCUT2D eigenvalue weighted by Crippen LogP contribution is -1.89. The SMILES string of the molecule is CCc1noc(Cc2ccn[nH]2)n1. The molecule has 0 aromatic carbocycles. The maximum Gasteiger partial charge on any atom is 0.232 e. The van der Waals surface area contributed by atoms with Crippen molar-refractivity contribution in [1.82, 2.24) is 20.3 Å². The van der Waals surface area contributed by atoms with E-state index in [4.69, 9.17) is 4.52 Å². The molecule has 2 aromatic heterocycles. The number of aromatic nitrogens is 4. The second-order valence-corrected chi connectivity index (χ2v) is 2.72. The van der Waals surface area contributed by atoms with E-state index >= 15 is 0 Å². The summed E-state index contributed by atoms with van der Waals surface area (Å²) in [7, 11) is 0. The summed E-state index contributed by atoms with van der Waals surface area (Å²) in [6.45, 7) is 1.99. The van der Waals surface area contributed by atoms with Gasteiger partial charge in [0, 0.05) is 18.3 Å². The summed E-state index contributed by atoms with van der Waals surface area (Å²) < 4.78 is 5.02. The van der Waals surface area contributed by atoms with E-state index in [9.17, 15) is 0 Å². The zero-order valence-electron chi connectivity index (χ0n) is 7.32. The van der Waals surface area contributed by atoms with Crippen molar-refractivity contribution in [2.24, 2.45) is 0 Å². The molecule has 0 atom stereocenters. The third-order valence-corrected chi connectivity index (χ3v) is 1.73. The monoisotopic (exact) mass is 178 g/mol. The summed E-state index contributed by atoms with van der Waals surface area (Å²) >= 11 is 0. The summed E-state index contributed by atoms with van der Waals surface area (Å²) in [5, 5.41) is 10.5. The lowest BCUT2D eigenvalue weighted by Gasteiger charge is -1.87. The van der Waals surface area contributed by atoms with Crippen LogP contribution in [0, 0.1) is 0 Å². The highest BCUT2D eigenvalue weighted by atomic mass is 16.5. The van der Waals surface area contributed by atoms with Crippen LogP contribution in [-0.4, -0.2) is 20.3 Å². The topological polar surface area (TPSA) is 67.6 Å². The van der Waals surface area contributed by atoms with Crippen LogP contribution in [0.3, 0.4) is 0 Å². The number of rotatable bonds is 3. The summed E-state index contributed by atoms with van der Waals surface area (Å²) in [5.41, 5.74) is 0.978. The van der Waals surface area contributed by atoms with Crippen LogP contribution in [0.4, 0.5) is 0 Å². The first-order chi connectivity index (χ1) is 6.38. The van der Waals surface area contributed by atoms with Crippen molar-refractivity contribution in [3.8, 4) is 0 Å². The maximum atomic E-state index is 5.02. The van der Waals surface area contributed by atoms with Gasteiger partial charge in [0.1, 0.15) is 0 Å². The maximum absolute atomic E-state index is 5.02. The van der Waals surface area contributed by atoms with E-state index in [-0.39, 0.29) is 0 Å². The molecule has 1 N–H and O–H groups in total. The van der Waals surface area contributed by atoms with Gasteiger partial charge >= 0.3 is 0 Å². The predicted octanol–water partition coefficient (Wildman–Crippen LogP) is 0.946. The molecule has 0 unspecified atom stereocenters. The summed E-state index contributed by atoms with van der Waals surface area (Å²) in [6, 6.07) is 1.88. The summed E-state index contributed by atoms with van der Waals surface area (Å²) in [4.78, 5) is 4.18. The highest BCUT2D eigenvalue weighted by molar-refractivity contribution is 5.04. The highest BCUT2D eigenvalue weighted by Crippen LogP contribution is 2.04. The second kappa shape index (κ2) is 3.38. The van der Waals surface area contributed by atoms with E-state index in [2.05, 4.69) is 20.3 Å². The third-order valence-electron chi connectivity index (χ3n) is 1.73. The molecule has 0 aliphatic carbocycles. The predicted molar refractivity (Wildman–Crippen MR) is 45.1 cm³/mol. The van der Waals surface area contributed by atoms with Gasteiger partial charge in [0.2, 0.25) is 5.89 Å². The van der Waals surface area contributed by atoms with E-state index in [1.807, 2.05) is 13.0 Å². The minimum absolute atomic E-state index is 0.618. The van der Waals surface area contributed by atoms with E-state index in [1.54, 1.807) is 6.20 Å². The van der Waals surface area contributed by atoms with Gasteiger partial charge in [-0.05, 0) is 6.07 Å². The van der Waals surface area contributed by atoms with E-state index < -0.39 is 0 Å². The van der Waals surface area contributed by atoms with Crippen molar-refractivity contribution in [2.45, 2.75) is 19.8 Å². The third kappa shape index (κ3) is 1.74. The van der Waals surface area contributed by atoms with Gasteiger partial charge in [0.15, 0.2) is 5.82 Å². The number of hydrogen-bond donors (Lipinski definition) is 1. The number of nitrogens with one attached hydrogen (secondary N) is 1. The average Bonchev–Trinajstić information content (AvgIpc) is 2.76. The Balaban J connectivity index is 2.10. The van der Waals surface area contributed by atoms with Crippen molar-refractivity contribution in [1.29, 1.82) is 0 Å².